The minimum Gasteiger partial charge on any atom is -0.381 e. The Morgan fingerprint density at radius 3 is 2.94 bits per heavy atom. The first kappa shape index (κ1) is 12.6. The molecule has 1 N–H and O–H groups in total. The number of nitrogens with one attached hydrogen (secondary N) is 1. The molecule has 1 saturated heterocycles. The van der Waals surface area contributed by atoms with Crippen molar-refractivity contribution >= 4 is 17.2 Å². The Morgan fingerprint density at radius 1 is 1.53 bits per heavy atom. The van der Waals surface area contributed by atoms with Gasteiger partial charge in [0.05, 0.1) is 6.42 Å². The number of rotatable bonds is 4. The largest absolute Gasteiger partial charge is 0.381 e. The number of carbonyl (C=O) groups excluding carboxylic acids is 1. The number of hydrogen-bond acceptors (Lipinski definition) is 3. The maximum Gasteiger partial charge on any atom is 0.225 e. The molecule has 1 aliphatic rings. The second-order valence-electron chi connectivity index (χ2n) is 4.96. The third-order valence-electron chi connectivity index (χ3n) is 3.33. The van der Waals surface area contributed by atoms with Crippen LogP contribution in [0.15, 0.2) is 17.5 Å². The SMILES string of the molecule is CC1(CNC(=O)Cc2cccs2)CCOCC1. The molecule has 2 rings (SSSR count). The first-order chi connectivity index (χ1) is 8.18. The van der Waals surface area contributed by atoms with Crippen LogP contribution in [0.2, 0.25) is 0 Å². The van der Waals surface area contributed by atoms with Crippen molar-refractivity contribution in [2.24, 2.45) is 5.41 Å². The van der Waals surface area contributed by atoms with Crippen LogP contribution < -0.4 is 5.32 Å². The molecule has 1 amide bonds. The van der Waals surface area contributed by atoms with Crippen molar-refractivity contribution in [2.75, 3.05) is 19.8 Å². The van der Waals surface area contributed by atoms with E-state index in [2.05, 4.69) is 12.2 Å². The second kappa shape index (κ2) is 5.65. The molecule has 0 spiro atoms. The molecule has 0 bridgehead atoms. The Kier molecular flexibility index (Phi) is 4.18. The molecule has 1 fully saturated rings. The van der Waals surface area contributed by atoms with E-state index in [0.717, 1.165) is 37.5 Å². The molecule has 1 aromatic rings. The molecule has 17 heavy (non-hydrogen) atoms. The molecule has 1 aromatic heterocycles. The van der Waals surface area contributed by atoms with Crippen LogP contribution in [0.4, 0.5) is 0 Å². The van der Waals surface area contributed by atoms with Gasteiger partial charge < -0.3 is 10.1 Å². The van der Waals surface area contributed by atoms with E-state index >= 15 is 0 Å². The second-order valence-corrected chi connectivity index (χ2v) is 5.99. The molecule has 4 heteroatoms. The van der Waals surface area contributed by atoms with E-state index in [4.69, 9.17) is 4.74 Å². The van der Waals surface area contributed by atoms with Gasteiger partial charge in [0.2, 0.25) is 5.91 Å². The normalized spacial score (nSPS) is 18.9. The number of amides is 1. The fraction of sp³-hybridized carbons (Fsp3) is 0.615. The summed E-state index contributed by atoms with van der Waals surface area (Å²) < 4.78 is 5.35. The summed E-state index contributed by atoms with van der Waals surface area (Å²) in [5.74, 6) is 0.125. The van der Waals surface area contributed by atoms with E-state index in [1.165, 1.54) is 0 Å². The van der Waals surface area contributed by atoms with Crippen LogP contribution in [0.25, 0.3) is 0 Å². The predicted octanol–water partition coefficient (Wildman–Crippen LogP) is 2.22. The minimum absolute atomic E-state index is 0.125. The lowest BCUT2D eigenvalue weighted by molar-refractivity contribution is -0.121. The van der Waals surface area contributed by atoms with E-state index in [1.54, 1.807) is 11.3 Å². The van der Waals surface area contributed by atoms with Crippen LogP contribution >= 0.6 is 11.3 Å². The molecular formula is C13H19NO2S. The van der Waals surface area contributed by atoms with E-state index in [-0.39, 0.29) is 11.3 Å². The fourth-order valence-corrected chi connectivity index (χ4v) is 2.69. The molecule has 0 aliphatic carbocycles. The van der Waals surface area contributed by atoms with Crippen molar-refractivity contribution in [1.82, 2.24) is 5.32 Å². The zero-order valence-electron chi connectivity index (χ0n) is 10.2. The topological polar surface area (TPSA) is 38.3 Å². The lowest BCUT2D eigenvalue weighted by Crippen LogP contribution is -2.39. The van der Waals surface area contributed by atoms with E-state index in [1.807, 2.05) is 17.5 Å². The summed E-state index contributed by atoms with van der Waals surface area (Å²) >= 11 is 1.63. The van der Waals surface area contributed by atoms with Gasteiger partial charge in [0.15, 0.2) is 0 Å². The Balaban J connectivity index is 1.75. The highest BCUT2D eigenvalue weighted by atomic mass is 32.1. The molecule has 0 radical (unpaired) electrons. The van der Waals surface area contributed by atoms with Gasteiger partial charge >= 0.3 is 0 Å². The van der Waals surface area contributed by atoms with Gasteiger partial charge in [0.1, 0.15) is 0 Å². The zero-order valence-corrected chi connectivity index (χ0v) is 11.0. The van der Waals surface area contributed by atoms with Gasteiger partial charge in [-0.15, -0.1) is 11.3 Å². The quantitative estimate of drug-likeness (QED) is 0.893. The zero-order chi connectivity index (χ0) is 12.1. The van der Waals surface area contributed by atoms with Crippen LogP contribution in [0.3, 0.4) is 0 Å². The molecular weight excluding hydrogens is 234 g/mol. The minimum atomic E-state index is 0.125. The van der Waals surface area contributed by atoms with Gasteiger partial charge in [-0.1, -0.05) is 13.0 Å². The van der Waals surface area contributed by atoms with Gasteiger partial charge in [-0.2, -0.15) is 0 Å². The summed E-state index contributed by atoms with van der Waals surface area (Å²) in [5, 5.41) is 5.05. The average molecular weight is 253 g/mol. The summed E-state index contributed by atoms with van der Waals surface area (Å²) in [5.41, 5.74) is 0.212. The van der Waals surface area contributed by atoms with Crippen molar-refractivity contribution in [2.45, 2.75) is 26.2 Å². The van der Waals surface area contributed by atoms with Crippen LogP contribution in [0.5, 0.6) is 0 Å². The van der Waals surface area contributed by atoms with Gasteiger partial charge in [-0.3, -0.25) is 4.79 Å². The molecule has 0 saturated carbocycles. The third-order valence-corrected chi connectivity index (χ3v) is 4.20. The van der Waals surface area contributed by atoms with Crippen molar-refractivity contribution in [3.63, 3.8) is 0 Å². The molecule has 0 aromatic carbocycles. The lowest BCUT2D eigenvalue weighted by Gasteiger charge is -2.33. The summed E-state index contributed by atoms with van der Waals surface area (Å²) in [7, 11) is 0. The lowest BCUT2D eigenvalue weighted by atomic mass is 9.82. The first-order valence-electron chi connectivity index (χ1n) is 6.05. The van der Waals surface area contributed by atoms with Gasteiger partial charge in [0.25, 0.3) is 0 Å². The number of hydrogen-bond donors (Lipinski definition) is 1. The summed E-state index contributed by atoms with van der Waals surface area (Å²) in [6, 6.07) is 3.98. The predicted molar refractivity (Wildman–Crippen MR) is 69.2 cm³/mol. The first-order valence-corrected chi connectivity index (χ1v) is 6.93. The number of thiophene rings is 1. The third kappa shape index (κ3) is 3.82. The molecule has 1 aliphatic heterocycles. The van der Waals surface area contributed by atoms with Gasteiger partial charge in [0, 0.05) is 24.6 Å². The highest BCUT2D eigenvalue weighted by Crippen LogP contribution is 2.28. The Labute approximate surface area is 106 Å². The summed E-state index contributed by atoms with van der Waals surface area (Å²) in [6.45, 7) is 4.62. The smallest absolute Gasteiger partial charge is 0.225 e. The highest BCUT2D eigenvalue weighted by molar-refractivity contribution is 7.10. The molecule has 94 valence electrons. The van der Waals surface area contributed by atoms with Crippen molar-refractivity contribution in [3.8, 4) is 0 Å². The van der Waals surface area contributed by atoms with Crippen LogP contribution in [-0.2, 0) is 16.0 Å². The Morgan fingerprint density at radius 2 is 2.29 bits per heavy atom. The maximum atomic E-state index is 11.8. The van der Waals surface area contributed by atoms with E-state index in [9.17, 15) is 4.79 Å². The van der Waals surface area contributed by atoms with Crippen LogP contribution in [-0.4, -0.2) is 25.7 Å². The monoisotopic (exact) mass is 253 g/mol. The van der Waals surface area contributed by atoms with Crippen molar-refractivity contribution in [1.29, 1.82) is 0 Å². The van der Waals surface area contributed by atoms with Crippen molar-refractivity contribution < 1.29 is 9.53 Å². The molecule has 0 unspecified atom stereocenters. The Hall–Kier alpha value is -0.870. The Bertz CT molecular complexity index is 356. The number of ether oxygens (including phenoxy) is 1. The van der Waals surface area contributed by atoms with Gasteiger partial charge in [-0.25, -0.2) is 0 Å². The van der Waals surface area contributed by atoms with Crippen LogP contribution in [0, 0.1) is 5.41 Å². The van der Waals surface area contributed by atoms with Gasteiger partial charge in [-0.05, 0) is 29.7 Å². The highest BCUT2D eigenvalue weighted by Gasteiger charge is 2.27. The summed E-state index contributed by atoms with van der Waals surface area (Å²) in [6.07, 6.45) is 2.57. The van der Waals surface area contributed by atoms with E-state index < -0.39 is 0 Å². The molecule has 0 atom stereocenters. The van der Waals surface area contributed by atoms with E-state index in [0.29, 0.717) is 6.42 Å². The van der Waals surface area contributed by atoms with Crippen LogP contribution in [0.1, 0.15) is 24.6 Å². The van der Waals surface area contributed by atoms with Crippen molar-refractivity contribution in [3.05, 3.63) is 22.4 Å². The standard InChI is InChI=1S/C13H19NO2S/c1-13(4-6-16-7-5-13)10-14-12(15)9-11-3-2-8-17-11/h2-3,8H,4-7,9-10H2,1H3,(H,14,15). The molecule has 3 nitrogen and oxygen atoms in total. The number of carbonyl (C=O) groups is 1. The molecule has 2 heterocycles. The average Bonchev–Trinajstić information content (AvgIpc) is 2.80. The fourth-order valence-electron chi connectivity index (χ4n) is 1.99. The maximum absolute atomic E-state index is 11.8. The summed E-state index contributed by atoms with van der Waals surface area (Å²) in [4.78, 5) is 12.9.